The summed E-state index contributed by atoms with van der Waals surface area (Å²) in [7, 11) is 0. The minimum atomic E-state index is -1.35. The fourth-order valence-electron chi connectivity index (χ4n) is 1.55. The van der Waals surface area contributed by atoms with Gasteiger partial charge in [0.25, 0.3) is 5.91 Å². The van der Waals surface area contributed by atoms with E-state index in [4.69, 9.17) is 5.11 Å². The van der Waals surface area contributed by atoms with Crippen molar-refractivity contribution in [1.29, 1.82) is 0 Å². The van der Waals surface area contributed by atoms with Crippen LogP contribution in [0.5, 0.6) is 0 Å². The van der Waals surface area contributed by atoms with Crippen molar-refractivity contribution in [3.05, 3.63) is 59.2 Å². The van der Waals surface area contributed by atoms with E-state index in [-0.39, 0.29) is 11.4 Å². The predicted octanol–water partition coefficient (Wildman–Crippen LogP) is 2.45. The lowest BCUT2D eigenvalue weighted by Crippen LogP contribution is -2.16. The Hall–Kier alpha value is -2.90. The van der Waals surface area contributed by atoms with Gasteiger partial charge in [-0.2, -0.15) is 0 Å². The van der Waals surface area contributed by atoms with Gasteiger partial charge < -0.3 is 10.4 Å². The normalized spacial score (nSPS) is 10.2. The summed E-state index contributed by atoms with van der Waals surface area (Å²) >= 11 is 0. The highest BCUT2D eigenvalue weighted by molar-refractivity contribution is 6.04. The second-order valence-electron chi connectivity index (χ2n) is 3.94. The number of nitrogens with one attached hydrogen (secondary N) is 1. The fourth-order valence-corrected chi connectivity index (χ4v) is 1.55. The summed E-state index contributed by atoms with van der Waals surface area (Å²) < 4.78 is 39.5. The summed E-state index contributed by atoms with van der Waals surface area (Å²) in [4.78, 5) is 25.8. The monoisotopic (exact) mass is 296 g/mol. The molecule has 1 aromatic carbocycles. The molecule has 2 N–H and O–H groups in total. The first-order valence-electron chi connectivity index (χ1n) is 5.53. The molecular weight excluding hydrogens is 289 g/mol. The van der Waals surface area contributed by atoms with Crippen LogP contribution in [0.4, 0.5) is 18.9 Å². The quantitative estimate of drug-likeness (QED) is 0.911. The van der Waals surface area contributed by atoms with Crippen molar-refractivity contribution in [2.24, 2.45) is 0 Å². The number of hydrogen-bond acceptors (Lipinski definition) is 3. The first-order chi connectivity index (χ1) is 9.88. The van der Waals surface area contributed by atoms with Crippen molar-refractivity contribution in [2.45, 2.75) is 0 Å². The van der Waals surface area contributed by atoms with Crippen molar-refractivity contribution in [1.82, 2.24) is 4.98 Å². The number of anilines is 1. The Bertz CT molecular complexity index is 694. The van der Waals surface area contributed by atoms with Crippen molar-refractivity contribution in [3.63, 3.8) is 0 Å². The number of carbonyl (C=O) groups excluding carboxylic acids is 1. The zero-order chi connectivity index (χ0) is 15.6. The third-order valence-electron chi connectivity index (χ3n) is 2.47. The molecule has 0 aliphatic heterocycles. The van der Waals surface area contributed by atoms with E-state index < -0.39 is 34.9 Å². The number of carboxylic acids is 1. The third kappa shape index (κ3) is 3.16. The fraction of sp³-hybridized carbons (Fsp3) is 0. The summed E-state index contributed by atoms with van der Waals surface area (Å²) in [6.45, 7) is 0. The Labute approximate surface area is 116 Å². The molecule has 0 fully saturated rings. The summed E-state index contributed by atoms with van der Waals surface area (Å²) in [5.41, 5.74) is -1.17. The van der Waals surface area contributed by atoms with Crippen LogP contribution in [0.25, 0.3) is 0 Å². The molecule has 0 unspecified atom stereocenters. The Balaban J connectivity index is 2.24. The minimum Gasteiger partial charge on any atom is -0.477 e. The van der Waals surface area contributed by atoms with E-state index in [0.717, 1.165) is 12.3 Å². The van der Waals surface area contributed by atoms with E-state index in [1.54, 1.807) is 0 Å². The van der Waals surface area contributed by atoms with Crippen LogP contribution in [0.3, 0.4) is 0 Å². The predicted molar refractivity (Wildman–Crippen MR) is 65.5 cm³/mol. The van der Waals surface area contributed by atoms with Gasteiger partial charge in [-0.3, -0.25) is 4.79 Å². The second kappa shape index (κ2) is 5.61. The molecule has 1 heterocycles. The lowest BCUT2D eigenvalue weighted by Gasteiger charge is -2.07. The van der Waals surface area contributed by atoms with E-state index in [2.05, 4.69) is 10.3 Å². The average Bonchev–Trinajstić information content (AvgIpc) is 2.37. The third-order valence-corrected chi connectivity index (χ3v) is 2.47. The highest BCUT2D eigenvalue weighted by Gasteiger charge is 2.19. The first-order valence-corrected chi connectivity index (χ1v) is 5.53. The molecule has 0 aliphatic carbocycles. The summed E-state index contributed by atoms with van der Waals surface area (Å²) in [6, 6.07) is 3.07. The number of halogens is 3. The standard InChI is InChI=1S/C13H7F3N2O3/c14-6-3-8(15)11(9(16)4-6)12(19)18-7-1-2-10(13(20)21)17-5-7/h1-5H,(H,18,19)(H,20,21). The minimum absolute atomic E-state index is 0.0353. The molecule has 0 radical (unpaired) electrons. The summed E-state index contributed by atoms with van der Waals surface area (Å²) in [5.74, 6) is -6.24. The molecule has 8 heteroatoms. The van der Waals surface area contributed by atoms with Gasteiger partial charge in [-0.25, -0.2) is 22.9 Å². The van der Waals surface area contributed by atoms with Gasteiger partial charge in [-0.05, 0) is 12.1 Å². The number of carboxylic acid groups (broad SMARTS) is 1. The van der Waals surface area contributed by atoms with Crippen molar-refractivity contribution < 1.29 is 27.9 Å². The number of amides is 1. The van der Waals surface area contributed by atoms with Gasteiger partial charge >= 0.3 is 5.97 Å². The van der Waals surface area contributed by atoms with Crippen molar-refractivity contribution >= 4 is 17.6 Å². The van der Waals surface area contributed by atoms with Gasteiger partial charge in [0.1, 0.15) is 28.7 Å². The van der Waals surface area contributed by atoms with Crippen molar-refractivity contribution in [2.75, 3.05) is 5.32 Å². The molecule has 0 aliphatic rings. The van der Waals surface area contributed by atoms with E-state index in [0.29, 0.717) is 12.1 Å². The van der Waals surface area contributed by atoms with E-state index in [1.165, 1.54) is 6.07 Å². The van der Waals surface area contributed by atoms with Gasteiger partial charge in [-0.15, -0.1) is 0 Å². The van der Waals surface area contributed by atoms with Crippen LogP contribution in [0, 0.1) is 17.5 Å². The number of hydrogen-bond donors (Lipinski definition) is 2. The number of carbonyl (C=O) groups is 2. The number of pyridine rings is 1. The summed E-state index contributed by atoms with van der Waals surface area (Å²) in [5, 5.41) is 10.8. The maximum atomic E-state index is 13.4. The molecule has 21 heavy (non-hydrogen) atoms. The van der Waals surface area contributed by atoms with E-state index in [9.17, 15) is 22.8 Å². The number of rotatable bonds is 3. The topological polar surface area (TPSA) is 79.3 Å². The van der Waals surface area contributed by atoms with Gasteiger partial charge in [0.05, 0.1) is 11.9 Å². The molecule has 0 bridgehead atoms. The maximum Gasteiger partial charge on any atom is 0.354 e. The molecule has 1 amide bonds. The molecule has 0 spiro atoms. The number of benzene rings is 1. The first kappa shape index (κ1) is 14.5. The van der Waals surface area contributed by atoms with Gasteiger partial charge in [0, 0.05) is 12.1 Å². The molecule has 0 atom stereocenters. The Morgan fingerprint density at radius 3 is 2.19 bits per heavy atom. The molecule has 0 saturated carbocycles. The smallest absolute Gasteiger partial charge is 0.354 e. The van der Waals surface area contributed by atoms with Crippen LogP contribution in [-0.4, -0.2) is 22.0 Å². The van der Waals surface area contributed by atoms with Gasteiger partial charge in [0.15, 0.2) is 0 Å². The van der Waals surface area contributed by atoms with Crippen LogP contribution in [0.15, 0.2) is 30.5 Å². The maximum absolute atomic E-state index is 13.4. The Kier molecular flexibility index (Phi) is 3.88. The number of aromatic nitrogens is 1. The van der Waals surface area contributed by atoms with Crippen LogP contribution in [0.1, 0.15) is 20.8 Å². The van der Waals surface area contributed by atoms with Crippen LogP contribution in [0.2, 0.25) is 0 Å². The molecule has 2 rings (SSSR count). The largest absolute Gasteiger partial charge is 0.477 e. The Morgan fingerprint density at radius 2 is 1.71 bits per heavy atom. The molecule has 2 aromatic rings. The van der Waals surface area contributed by atoms with E-state index in [1.807, 2.05) is 0 Å². The average molecular weight is 296 g/mol. The molecule has 0 saturated heterocycles. The highest BCUT2D eigenvalue weighted by atomic mass is 19.1. The second-order valence-corrected chi connectivity index (χ2v) is 3.94. The van der Waals surface area contributed by atoms with Gasteiger partial charge in [0.2, 0.25) is 0 Å². The highest BCUT2D eigenvalue weighted by Crippen LogP contribution is 2.17. The van der Waals surface area contributed by atoms with Crippen molar-refractivity contribution in [3.8, 4) is 0 Å². The van der Waals surface area contributed by atoms with Crippen LogP contribution in [-0.2, 0) is 0 Å². The number of nitrogens with zero attached hydrogens (tertiary/aromatic N) is 1. The molecule has 5 nitrogen and oxygen atoms in total. The SMILES string of the molecule is O=C(O)c1ccc(NC(=O)c2c(F)cc(F)cc2F)cn1. The van der Waals surface area contributed by atoms with E-state index >= 15 is 0 Å². The van der Waals surface area contributed by atoms with Crippen LogP contribution < -0.4 is 5.32 Å². The Morgan fingerprint density at radius 1 is 1.10 bits per heavy atom. The number of aromatic carboxylic acids is 1. The van der Waals surface area contributed by atoms with Crippen LogP contribution >= 0.6 is 0 Å². The molecule has 1 aromatic heterocycles. The lowest BCUT2D eigenvalue weighted by molar-refractivity contribution is 0.0690. The summed E-state index contributed by atoms with van der Waals surface area (Å²) in [6.07, 6.45) is 1.01. The lowest BCUT2D eigenvalue weighted by atomic mass is 10.1. The van der Waals surface area contributed by atoms with Gasteiger partial charge in [-0.1, -0.05) is 0 Å². The zero-order valence-corrected chi connectivity index (χ0v) is 10.2. The molecular formula is C13H7F3N2O3. The zero-order valence-electron chi connectivity index (χ0n) is 10.2. The molecule has 108 valence electrons.